The van der Waals surface area contributed by atoms with E-state index in [-0.39, 0.29) is 19.2 Å². The van der Waals surface area contributed by atoms with Gasteiger partial charge in [-0.25, -0.2) is 17.7 Å². The number of hydrogen-bond acceptors (Lipinski definition) is 7. The van der Waals surface area contributed by atoms with E-state index in [1.54, 1.807) is 25.4 Å². The fraction of sp³-hybridized carbons (Fsp3) is 0.333. The van der Waals surface area contributed by atoms with Crippen molar-refractivity contribution in [3.8, 4) is 22.3 Å². The number of pyridine rings is 1. The average molecular weight is 437 g/mol. The summed E-state index contributed by atoms with van der Waals surface area (Å²) < 4.78 is 32.4. The molecule has 2 unspecified atom stereocenters. The van der Waals surface area contributed by atoms with Crippen LogP contribution in [-0.2, 0) is 20.3 Å². The Morgan fingerprint density at radius 3 is 2.96 bits per heavy atom. The van der Waals surface area contributed by atoms with Gasteiger partial charge in [0.1, 0.15) is 10.8 Å². The Balaban J connectivity index is 1.86. The van der Waals surface area contributed by atoms with Crippen LogP contribution in [0.4, 0.5) is 0 Å². The predicted molar refractivity (Wildman–Crippen MR) is 110 cm³/mol. The van der Waals surface area contributed by atoms with Gasteiger partial charge in [-0.1, -0.05) is 17.5 Å². The van der Waals surface area contributed by atoms with Crippen molar-refractivity contribution in [2.24, 2.45) is 10.7 Å². The number of halogens is 1. The molecule has 0 saturated carbocycles. The van der Waals surface area contributed by atoms with E-state index in [1.165, 1.54) is 18.4 Å². The number of thiophene rings is 1. The van der Waals surface area contributed by atoms with Crippen molar-refractivity contribution >= 4 is 38.9 Å². The quantitative estimate of drug-likeness (QED) is 0.726. The lowest BCUT2D eigenvalue weighted by atomic mass is 9.96. The number of nitrogens with zero attached hydrogens (tertiary/aromatic N) is 3. The molecule has 0 spiro atoms. The summed E-state index contributed by atoms with van der Waals surface area (Å²) >= 11 is 7.93. The molecule has 28 heavy (non-hydrogen) atoms. The number of hydrogen-bond donors (Lipinski definition) is 1. The molecule has 0 amide bonds. The van der Waals surface area contributed by atoms with E-state index in [4.69, 9.17) is 22.1 Å². The van der Waals surface area contributed by atoms with Gasteiger partial charge in [-0.2, -0.15) is 0 Å². The molecule has 0 aliphatic carbocycles. The van der Waals surface area contributed by atoms with Crippen LogP contribution in [0.15, 0.2) is 29.5 Å². The van der Waals surface area contributed by atoms with Crippen molar-refractivity contribution in [2.45, 2.75) is 17.7 Å². The predicted octanol–water partition coefficient (Wildman–Crippen LogP) is 2.02. The Kier molecular flexibility index (Phi) is 4.62. The van der Waals surface area contributed by atoms with Crippen molar-refractivity contribution < 1.29 is 13.2 Å². The van der Waals surface area contributed by atoms with E-state index in [9.17, 15) is 8.42 Å². The summed E-state index contributed by atoms with van der Waals surface area (Å²) in [5.74, 6) is 5.75. The molecule has 4 heterocycles. The zero-order valence-corrected chi connectivity index (χ0v) is 17.5. The van der Waals surface area contributed by atoms with Gasteiger partial charge in [0.05, 0.1) is 23.1 Å². The van der Waals surface area contributed by atoms with Gasteiger partial charge in [0.25, 0.3) is 0 Å². The Labute approximate surface area is 172 Å². The van der Waals surface area contributed by atoms with Gasteiger partial charge in [0.2, 0.25) is 16.0 Å². The van der Waals surface area contributed by atoms with E-state index in [1.807, 2.05) is 6.07 Å². The monoisotopic (exact) mass is 436 g/mol. The third-order valence-electron chi connectivity index (χ3n) is 4.87. The summed E-state index contributed by atoms with van der Waals surface area (Å²) in [4.78, 5) is 10.2. The molecule has 2 aromatic heterocycles. The minimum atomic E-state index is -3.71. The highest BCUT2D eigenvalue weighted by atomic mass is 35.5. The lowest BCUT2D eigenvalue weighted by molar-refractivity contribution is 0.179. The Morgan fingerprint density at radius 2 is 2.21 bits per heavy atom. The maximum absolute atomic E-state index is 12.9. The lowest BCUT2D eigenvalue weighted by Gasteiger charge is -2.37. The third-order valence-corrected chi connectivity index (χ3v) is 8.83. The second kappa shape index (κ2) is 6.74. The summed E-state index contributed by atoms with van der Waals surface area (Å²) in [5.41, 5.74) is 6.41. The number of aliphatic imine (C=N–C) groups is 1. The van der Waals surface area contributed by atoms with Crippen molar-refractivity contribution in [1.82, 2.24) is 9.29 Å². The Bertz CT molecular complexity index is 1150. The number of aromatic nitrogens is 1. The minimum absolute atomic E-state index is 0.0378. The minimum Gasteiger partial charge on any atom is -0.377 e. The first-order valence-corrected chi connectivity index (χ1v) is 11.1. The third kappa shape index (κ3) is 2.79. The molecule has 2 atom stereocenters. The topological polar surface area (TPSA) is 97.9 Å². The Morgan fingerprint density at radius 1 is 1.43 bits per heavy atom. The number of fused-ring (bicyclic) bond motifs is 1. The van der Waals surface area contributed by atoms with Gasteiger partial charge < -0.3 is 10.5 Å². The standard InChI is InChI=1S/C18H17ClN4O3S2/c1-3-4-11-5-12(8-21-7-11)14-6-13(19)16(27-14)18-10-26-9-15(18)28(24,25)23(2)17(20)22-18/h5-8,15H,9-10H2,1-2H3,(H2,20,22). The first kappa shape index (κ1) is 19.2. The van der Waals surface area contributed by atoms with Crippen molar-refractivity contribution in [2.75, 3.05) is 20.3 Å². The molecular formula is C18H17ClN4O3S2. The summed E-state index contributed by atoms with van der Waals surface area (Å²) in [6.45, 7) is 1.90. The van der Waals surface area contributed by atoms with Crippen LogP contribution < -0.4 is 5.73 Å². The van der Waals surface area contributed by atoms with Gasteiger partial charge in [-0.15, -0.1) is 17.3 Å². The number of guanidine groups is 1. The molecule has 2 N–H and O–H groups in total. The van der Waals surface area contributed by atoms with Crippen molar-refractivity contribution in [1.29, 1.82) is 0 Å². The van der Waals surface area contributed by atoms with E-state index >= 15 is 0 Å². The molecular weight excluding hydrogens is 420 g/mol. The molecule has 10 heteroatoms. The molecule has 2 aliphatic heterocycles. The van der Waals surface area contributed by atoms with Crippen LogP contribution in [0.2, 0.25) is 5.02 Å². The smallest absolute Gasteiger partial charge is 0.245 e. The van der Waals surface area contributed by atoms with Gasteiger partial charge >= 0.3 is 0 Å². The highest BCUT2D eigenvalue weighted by molar-refractivity contribution is 7.90. The zero-order valence-electron chi connectivity index (χ0n) is 15.1. The molecule has 1 fully saturated rings. The van der Waals surface area contributed by atoms with Gasteiger partial charge in [-0.3, -0.25) is 4.98 Å². The molecule has 4 rings (SSSR count). The largest absolute Gasteiger partial charge is 0.377 e. The zero-order chi connectivity index (χ0) is 20.1. The van der Waals surface area contributed by atoms with Crippen LogP contribution in [0.1, 0.15) is 17.4 Å². The summed E-state index contributed by atoms with van der Waals surface area (Å²) in [6, 6.07) is 3.71. The highest BCUT2D eigenvalue weighted by Crippen LogP contribution is 2.49. The van der Waals surface area contributed by atoms with Crippen LogP contribution >= 0.6 is 22.9 Å². The van der Waals surface area contributed by atoms with E-state index in [0.717, 1.165) is 20.3 Å². The number of rotatable bonds is 2. The molecule has 146 valence electrons. The van der Waals surface area contributed by atoms with E-state index in [0.29, 0.717) is 9.90 Å². The van der Waals surface area contributed by atoms with Crippen molar-refractivity contribution in [3.63, 3.8) is 0 Å². The first-order valence-electron chi connectivity index (χ1n) is 8.38. The number of sulfonamides is 1. The lowest BCUT2D eigenvalue weighted by Crippen LogP contribution is -2.56. The molecule has 7 nitrogen and oxygen atoms in total. The van der Waals surface area contributed by atoms with Crippen LogP contribution in [0.5, 0.6) is 0 Å². The average Bonchev–Trinajstić information content (AvgIpc) is 3.26. The van der Waals surface area contributed by atoms with Gasteiger partial charge in [0, 0.05) is 35.4 Å². The molecule has 0 radical (unpaired) electrons. The summed E-state index contributed by atoms with van der Waals surface area (Å²) in [5, 5.41) is -0.449. The highest BCUT2D eigenvalue weighted by Gasteiger charge is 2.58. The maximum atomic E-state index is 12.9. The summed E-state index contributed by atoms with van der Waals surface area (Å²) in [6.07, 6.45) is 3.40. The summed E-state index contributed by atoms with van der Waals surface area (Å²) in [7, 11) is -2.32. The van der Waals surface area contributed by atoms with Gasteiger partial charge in [0.15, 0.2) is 0 Å². The number of ether oxygens (including phenoxy) is 1. The van der Waals surface area contributed by atoms with Crippen LogP contribution in [0.25, 0.3) is 10.4 Å². The first-order chi connectivity index (χ1) is 13.3. The van der Waals surface area contributed by atoms with Crippen molar-refractivity contribution in [3.05, 3.63) is 40.0 Å². The maximum Gasteiger partial charge on any atom is 0.245 e. The Hall–Kier alpha value is -2.12. The van der Waals surface area contributed by atoms with Crippen LogP contribution in [0, 0.1) is 11.8 Å². The molecule has 1 saturated heterocycles. The fourth-order valence-corrected chi connectivity index (χ4v) is 6.86. The van der Waals surface area contributed by atoms with E-state index in [2.05, 4.69) is 21.8 Å². The second-order valence-corrected chi connectivity index (χ2v) is 10.1. The molecule has 2 aromatic rings. The SMILES string of the molecule is CC#Cc1cncc(-c2cc(Cl)c(C34COCC3S(=O)(=O)N(C)C(N)=N4)s2)c1. The van der Waals surface area contributed by atoms with Gasteiger partial charge in [-0.05, 0) is 19.1 Å². The van der Waals surface area contributed by atoms with E-state index < -0.39 is 20.8 Å². The van der Waals surface area contributed by atoms with Crippen LogP contribution in [0.3, 0.4) is 0 Å². The fourth-order valence-electron chi connectivity index (χ4n) is 3.44. The number of nitrogens with two attached hydrogens (primary N) is 1. The van der Waals surface area contributed by atoms with Crippen LogP contribution in [-0.4, -0.2) is 49.2 Å². The second-order valence-electron chi connectivity index (χ2n) is 6.54. The molecule has 2 aliphatic rings. The molecule has 0 bridgehead atoms. The molecule has 0 aromatic carbocycles. The normalized spacial score (nSPS) is 25.6.